The quantitative estimate of drug-likeness (QED) is 0.850. The standard InChI is InChI=1S/C23H25N3O3/c1-2-16-5-9-20(10-6-16)26-15-17(14-22(26)28)23(29)24-18-7-11-19(12-8-18)25-13-3-4-21(25)27/h5-12,17H,2-4,13-15H2,1H3,(H,24,29)/t17-/m1/s1. The topological polar surface area (TPSA) is 69.7 Å². The summed E-state index contributed by atoms with van der Waals surface area (Å²) in [6, 6.07) is 15.2. The van der Waals surface area contributed by atoms with Crippen molar-refractivity contribution in [3.63, 3.8) is 0 Å². The van der Waals surface area contributed by atoms with E-state index in [4.69, 9.17) is 0 Å². The van der Waals surface area contributed by atoms with Gasteiger partial charge in [-0.05, 0) is 54.8 Å². The van der Waals surface area contributed by atoms with Gasteiger partial charge in [0.2, 0.25) is 17.7 Å². The Morgan fingerprint density at radius 3 is 2.24 bits per heavy atom. The second-order valence-corrected chi connectivity index (χ2v) is 7.61. The average Bonchev–Trinajstić information content (AvgIpc) is 3.34. The maximum atomic E-state index is 12.7. The first-order valence-corrected chi connectivity index (χ1v) is 10.2. The Morgan fingerprint density at radius 1 is 0.966 bits per heavy atom. The van der Waals surface area contributed by atoms with Crippen LogP contribution in [-0.2, 0) is 20.8 Å². The highest BCUT2D eigenvalue weighted by molar-refractivity contribution is 6.03. The molecule has 2 aliphatic rings. The average molecular weight is 391 g/mol. The number of carbonyl (C=O) groups is 3. The van der Waals surface area contributed by atoms with E-state index in [1.54, 1.807) is 21.9 Å². The van der Waals surface area contributed by atoms with Gasteiger partial charge in [0, 0.05) is 43.0 Å². The lowest BCUT2D eigenvalue weighted by Crippen LogP contribution is -2.28. The van der Waals surface area contributed by atoms with E-state index >= 15 is 0 Å². The van der Waals surface area contributed by atoms with Crippen molar-refractivity contribution in [2.24, 2.45) is 5.92 Å². The zero-order valence-electron chi connectivity index (χ0n) is 16.6. The van der Waals surface area contributed by atoms with E-state index < -0.39 is 0 Å². The summed E-state index contributed by atoms with van der Waals surface area (Å²) in [7, 11) is 0. The van der Waals surface area contributed by atoms with Crippen molar-refractivity contribution in [1.29, 1.82) is 0 Å². The molecule has 2 aromatic carbocycles. The van der Waals surface area contributed by atoms with Crippen molar-refractivity contribution in [3.05, 3.63) is 54.1 Å². The lowest BCUT2D eigenvalue weighted by Gasteiger charge is -2.18. The number of nitrogens with zero attached hydrogens (tertiary/aromatic N) is 2. The van der Waals surface area contributed by atoms with Crippen LogP contribution in [0.25, 0.3) is 0 Å². The molecule has 3 amide bonds. The third kappa shape index (κ3) is 4.01. The van der Waals surface area contributed by atoms with Crippen LogP contribution in [0.15, 0.2) is 48.5 Å². The summed E-state index contributed by atoms with van der Waals surface area (Å²) in [5, 5.41) is 2.90. The summed E-state index contributed by atoms with van der Waals surface area (Å²) in [5.41, 5.74) is 3.57. The number of carbonyl (C=O) groups excluding carboxylic acids is 3. The van der Waals surface area contributed by atoms with Crippen LogP contribution >= 0.6 is 0 Å². The van der Waals surface area contributed by atoms with Crippen molar-refractivity contribution in [3.8, 4) is 0 Å². The minimum atomic E-state index is -0.381. The van der Waals surface area contributed by atoms with Crippen LogP contribution in [-0.4, -0.2) is 30.8 Å². The molecule has 2 saturated heterocycles. The molecule has 1 N–H and O–H groups in total. The molecule has 2 fully saturated rings. The molecule has 4 rings (SSSR count). The predicted octanol–water partition coefficient (Wildman–Crippen LogP) is 3.37. The fourth-order valence-electron chi connectivity index (χ4n) is 3.93. The maximum absolute atomic E-state index is 12.7. The van der Waals surface area contributed by atoms with Crippen LogP contribution in [0.4, 0.5) is 17.1 Å². The molecule has 29 heavy (non-hydrogen) atoms. The largest absolute Gasteiger partial charge is 0.326 e. The van der Waals surface area contributed by atoms with Crippen molar-refractivity contribution in [2.75, 3.05) is 28.2 Å². The minimum absolute atomic E-state index is 0.0303. The Kier molecular flexibility index (Phi) is 5.34. The van der Waals surface area contributed by atoms with Gasteiger partial charge in [-0.1, -0.05) is 19.1 Å². The number of rotatable bonds is 5. The van der Waals surface area contributed by atoms with Crippen LogP contribution in [0.5, 0.6) is 0 Å². The van der Waals surface area contributed by atoms with Gasteiger partial charge < -0.3 is 15.1 Å². The fraction of sp³-hybridized carbons (Fsp3) is 0.348. The molecule has 6 heteroatoms. The number of nitrogens with one attached hydrogen (secondary N) is 1. The lowest BCUT2D eigenvalue weighted by molar-refractivity contribution is -0.122. The van der Waals surface area contributed by atoms with E-state index in [0.717, 1.165) is 30.8 Å². The zero-order chi connectivity index (χ0) is 20.4. The zero-order valence-corrected chi connectivity index (χ0v) is 16.6. The molecule has 2 aromatic rings. The van der Waals surface area contributed by atoms with Crippen molar-refractivity contribution >= 4 is 34.8 Å². The van der Waals surface area contributed by atoms with Gasteiger partial charge in [0.05, 0.1) is 5.92 Å². The summed E-state index contributed by atoms with van der Waals surface area (Å²) in [6.07, 6.45) is 2.63. The molecule has 150 valence electrons. The maximum Gasteiger partial charge on any atom is 0.229 e. The van der Waals surface area contributed by atoms with E-state index in [9.17, 15) is 14.4 Å². The molecule has 0 aromatic heterocycles. The highest BCUT2D eigenvalue weighted by Gasteiger charge is 2.35. The minimum Gasteiger partial charge on any atom is -0.326 e. The van der Waals surface area contributed by atoms with Crippen LogP contribution in [0.2, 0.25) is 0 Å². The Hall–Kier alpha value is -3.15. The van der Waals surface area contributed by atoms with Crippen LogP contribution < -0.4 is 15.1 Å². The van der Waals surface area contributed by atoms with Crippen LogP contribution in [0.1, 0.15) is 31.7 Å². The number of hydrogen-bond acceptors (Lipinski definition) is 3. The molecule has 0 radical (unpaired) electrons. The van der Waals surface area contributed by atoms with E-state index in [1.807, 2.05) is 36.4 Å². The Bertz CT molecular complexity index is 921. The normalized spacial score (nSPS) is 19.1. The first-order valence-electron chi connectivity index (χ1n) is 10.2. The number of benzene rings is 2. The van der Waals surface area contributed by atoms with Crippen LogP contribution in [0, 0.1) is 5.92 Å². The molecular weight excluding hydrogens is 366 g/mol. The lowest BCUT2D eigenvalue weighted by atomic mass is 10.1. The first-order chi connectivity index (χ1) is 14.0. The third-order valence-electron chi connectivity index (χ3n) is 5.67. The molecule has 1 atom stereocenters. The SMILES string of the molecule is CCc1ccc(N2C[C@H](C(=O)Nc3ccc(N4CCCC4=O)cc3)CC2=O)cc1. The number of amides is 3. The highest BCUT2D eigenvalue weighted by atomic mass is 16.2. The van der Waals surface area contributed by atoms with E-state index in [0.29, 0.717) is 18.7 Å². The number of hydrogen-bond donors (Lipinski definition) is 1. The summed E-state index contributed by atoms with van der Waals surface area (Å²) >= 11 is 0. The summed E-state index contributed by atoms with van der Waals surface area (Å²) in [4.78, 5) is 40.4. The number of anilines is 3. The molecular formula is C23H25N3O3. The second-order valence-electron chi connectivity index (χ2n) is 7.61. The van der Waals surface area contributed by atoms with Gasteiger partial charge in [0.15, 0.2) is 0 Å². The Morgan fingerprint density at radius 2 is 1.62 bits per heavy atom. The van der Waals surface area contributed by atoms with Gasteiger partial charge >= 0.3 is 0 Å². The molecule has 0 unspecified atom stereocenters. The third-order valence-corrected chi connectivity index (χ3v) is 5.67. The monoisotopic (exact) mass is 391 g/mol. The smallest absolute Gasteiger partial charge is 0.229 e. The molecule has 0 bridgehead atoms. The van der Waals surface area contributed by atoms with Gasteiger partial charge in [0.1, 0.15) is 0 Å². The molecule has 2 heterocycles. The van der Waals surface area contributed by atoms with Gasteiger partial charge in [-0.2, -0.15) is 0 Å². The molecule has 0 aliphatic carbocycles. The van der Waals surface area contributed by atoms with Crippen molar-refractivity contribution in [2.45, 2.75) is 32.6 Å². The molecule has 2 aliphatic heterocycles. The summed E-state index contributed by atoms with van der Waals surface area (Å²) < 4.78 is 0. The fourth-order valence-corrected chi connectivity index (χ4v) is 3.93. The van der Waals surface area contributed by atoms with E-state index in [-0.39, 0.29) is 30.1 Å². The van der Waals surface area contributed by atoms with E-state index in [1.165, 1.54) is 5.56 Å². The predicted molar refractivity (Wildman–Crippen MR) is 113 cm³/mol. The molecule has 6 nitrogen and oxygen atoms in total. The van der Waals surface area contributed by atoms with Gasteiger partial charge in [-0.15, -0.1) is 0 Å². The number of aryl methyl sites for hydroxylation is 1. The van der Waals surface area contributed by atoms with E-state index in [2.05, 4.69) is 12.2 Å². The van der Waals surface area contributed by atoms with Crippen LogP contribution in [0.3, 0.4) is 0 Å². The Labute approximate surface area is 170 Å². The first kappa shape index (κ1) is 19.2. The summed E-state index contributed by atoms with van der Waals surface area (Å²) in [6.45, 7) is 3.21. The molecule has 0 saturated carbocycles. The van der Waals surface area contributed by atoms with Gasteiger partial charge in [0.25, 0.3) is 0 Å². The van der Waals surface area contributed by atoms with Crippen molar-refractivity contribution in [1.82, 2.24) is 0 Å². The highest BCUT2D eigenvalue weighted by Crippen LogP contribution is 2.27. The molecule has 0 spiro atoms. The van der Waals surface area contributed by atoms with Crippen molar-refractivity contribution < 1.29 is 14.4 Å². The Balaban J connectivity index is 1.38. The second kappa shape index (κ2) is 8.07. The van der Waals surface area contributed by atoms with Gasteiger partial charge in [-0.3, -0.25) is 14.4 Å². The van der Waals surface area contributed by atoms with Gasteiger partial charge in [-0.25, -0.2) is 0 Å². The summed E-state index contributed by atoms with van der Waals surface area (Å²) in [5.74, 6) is -0.431.